The quantitative estimate of drug-likeness (QED) is 0.838. The van der Waals surface area contributed by atoms with E-state index in [4.69, 9.17) is 4.42 Å². The van der Waals surface area contributed by atoms with E-state index in [1.165, 1.54) is 0 Å². The van der Waals surface area contributed by atoms with Gasteiger partial charge in [-0.2, -0.15) is 5.10 Å². The standard InChI is InChI=1S/C12H16N4O2/c1-9(11-4-3-5-18-11)15-10-6-14-16(7-10)8-12(17)13-2/h3-7,9,15H,8H2,1-2H3,(H,13,17). The van der Waals surface area contributed by atoms with Gasteiger partial charge in [0.25, 0.3) is 0 Å². The fourth-order valence-corrected chi connectivity index (χ4v) is 1.61. The zero-order chi connectivity index (χ0) is 13.0. The first-order chi connectivity index (χ1) is 8.69. The molecule has 2 heterocycles. The Morgan fingerprint density at radius 1 is 1.61 bits per heavy atom. The maximum Gasteiger partial charge on any atom is 0.241 e. The molecule has 0 aromatic carbocycles. The molecule has 6 nitrogen and oxygen atoms in total. The summed E-state index contributed by atoms with van der Waals surface area (Å²) in [5, 5.41) is 9.90. The molecule has 0 bridgehead atoms. The number of carbonyl (C=O) groups is 1. The summed E-state index contributed by atoms with van der Waals surface area (Å²) in [5.74, 6) is 0.776. The lowest BCUT2D eigenvalue weighted by molar-refractivity contribution is -0.121. The SMILES string of the molecule is CNC(=O)Cn1cc(NC(C)c2ccco2)cn1. The van der Waals surface area contributed by atoms with E-state index < -0.39 is 0 Å². The first-order valence-corrected chi connectivity index (χ1v) is 5.72. The van der Waals surface area contributed by atoms with Crippen LogP contribution >= 0.6 is 0 Å². The Kier molecular flexibility index (Phi) is 3.66. The number of hydrogen-bond acceptors (Lipinski definition) is 4. The molecule has 0 spiro atoms. The molecule has 0 aliphatic carbocycles. The van der Waals surface area contributed by atoms with E-state index in [9.17, 15) is 4.79 Å². The molecule has 1 amide bonds. The van der Waals surface area contributed by atoms with Gasteiger partial charge in [-0.1, -0.05) is 0 Å². The van der Waals surface area contributed by atoms with Crippen molar-refractivity contribution >= 4 is 11.6 Å². The number of carbonyl (C=O) groups excluding carboxylic acids is 1. The normalized spacial score (nSPS) is 12.1. The Balaban J connectivity index is 1.96. The van der Waals surface area contributed by atoms with Gasteiger partial charge in [-0.05, 0) is 19.1 Å². The molecule has 2 aromatic rings. The van der Waals surface area contributed by atoms with Crippen molar-refractivity contribution < 1.29 is 9.21 Å². The molecule has 2 rings (SSSR count). The van der Waals surface area contributed by atoms with Crippen LogP contribution in [0.3, 0.4) is 0 Å². The molecule has 1 atom stereocenters. The number of nitrogens with zero attached hydrogens (tertiary/aromatic N) is 2. The largest absolute Gasteiger partial charge is 0.467 e. The van der Waals surface area contributed by atoms with E-state index in [2.05, 4.69) is 15.7 Å². The van der Waals surface area contributed by atoms with Gasteiger partial charge in [0.05, 0.1) is 24.2 Å². The molecule has 0 aliphatic heterocycles. The summed E-state index contributed by atoms with van der Waals surface area (Å²) in [6, 6.07) is 3.81. The minimum atomic E-state index is -0.0799. The average molecular weight is 248 g/mol. The van der Waals surface area contributed by atoms with Crippen LogP contribution in [-0.4, -0.2) is 22.7 Å². The molecule has 0 aliphatic rings. The van der Waals surface area contributed by atoms with Crippen LogP contribution in [0.4, 0.5) is 5.69 Å². The first-order valence-electron chi connectivity index (χ1n) is 5.72. The summed E-state index contributed by atoms with van der Waals surface area (Å²) in [7, 11) is 1.60. The van der Waals surface area contributed by atoms with Gasteiger partial charge in [0.2, 0.25) is 5.91 Å². The van der Waals surface area contributed by atoms with Gasteiger partial charge in [-0.3, -0.25) is 9.48 Å². The van der Waals surface area contributed by atoms with Crippen LogP contribution in [0.5, 0.6) is 0 Å². The van der Waals surface area contributed by atoms with E-state index in [1.807, 2.05) is 19.1 Å². The van der Waals surface area contributed by atoms with Crippen LogP contribution in [0.25, 0.3) is 0 Å². The third kappa shape index (κ3) is 2.91. The highest BCUT2D eigenvalue weighted by molar-refractivity contribution is 5.75. The lowest BCUT2D eigenvalue weighted by Gasteiger charge is -2.10. The zero-order valence-corrected chi connectivity index (χ0v) is 10.4. The number of aromatic nitrogens is 2. The number of likely N-dealkylation sites (N-methyl/N-ethyl adjacent to an activating group) is 1. The van der Waals surface area contributed by atoms with Crippen molar-refractivity contribution in [2.75, 3.05) is 12.4 Å². The van der Waals surface area contributed by atoms with Gasteiger partial charge in [-0.15, -0.1) is 0 Å². The number of hydrogen-bond donors (Lipinski definition) is 2. The smallest absolute Gasteiger partial charge is 0.241 e. The van der Waals surface area contributed by atoms with E-state index in [-0.39, 0.29) is 18.5 Å². The summed E-state index contributed by atoms with van der Waals surface area (Å²) >= 11 is 0. The number of rotatable bonds is 5. The van der Waals surface area contributed by atoms with E-state index >= 15 is 0 Å². The highest BCUT2D eigenvalue weighted by atomic mass is 16.3. The predicted octanol–water partition coefficient (Wildman–Crippen LogP) is 1.40. The van der Waals surface area contributed by atoms with Crippen molar-refractivity contribution in [3.63, 3.8) is 0 Å². The van der Waals surface area contributed by atoms with Crippen LogP contribution in [0.15, 0.2) is 35.2 Å². The topological polar surface area (TPSA) is 72.1 Å². The third-order valence-electron chi connectivity index (χ3n) is 2.57. The van der Waals surface area contributed by atoms with Crippen LogP contribution in [0.1, 0.15) is 18.7 Å². The lowest BCUT2D eigenvalue weighted by atomic mass is 10.2. The lowest BCUT2D eigenvalue weighted by Crippen LogP contribution is -2.23. The molecule has 96 valence electrons. The third-order valence-corrected chi connectivity index (χ3v) is 2.57. The fourth-order valence-electron chi connectivity index (χ4n) is 1.61. The molecule has 6 heteroatoms. The molecule has 2 aromatic heterocycles. The van der Waals surface area contributed by atoms with Crippen molar-refractivity contribution in [1.82, 2.24) is 15.1 Å². The minimum Gasteiger partial charge on any atom is -0.467 e. The second-order valence-corrected chi connectivity index (χ2v) is 3.98. The van der Waals surface area contributed by atoms with Gasteiger partial charge in [0.1, 0.15) is 12.3 Å². The molecule has 0 fully saturated rings. The molecule has 1 unspecified atom stereocenters. The second kappa shape index (κ2) is 5.39. The Labute approximate surface area is 105 Å². The van der Waals surface area contributed by atoms with E-state index in [1.54, 1.807) is 30.4 Å². The van der Waals surface area contributed by atoms with Crippen LogP contribution < -0.4 is 10.6 Å². The van der Waals surface area contributed by atoms with Crippen molar-refractivity contribution in [2.45, 2.75) is 19.5 Å². The number of anilines is 1. The van der Waals surface area contributed by atoms with Gasteiger partial charge in [-0.25, -0.2) is 0 Å². The molecule has 0 saturated heterocycles. The molecular formula is C12H16N4O2. The first kappa shape index (κ1) is 12.2. The molecule has 2 N–H and O–H groups in total. The number of furan rings is 1. The maximum atomic E-state index is 11.2. The summed E-state index contributed by atoms with van der Waals surface area (Å²) in [5.41, 5.74) is 0.850. The second-order valence-electron chi connectivity index (χ2n) is 3.98. The minimum absolute atomic E-state index is 0.0534. The van der Waals surface area contributed by atoms with Gasteiger partial charge in [0.15, 0.2) is 0 Å². The van der Waals surface area contributed by atoms with Gasteiger partial charge in [0, 0.05) is 13.2 Å². The van der Waals surface area contributed by atoms with E-state index in [0.29, 0.717) is 0 Å². The monoisotopic (exact) mass is 248 g/mol. The number of amides is 1. The Bertz CT molecular complexity index is 504. The highest BCUT2D eigenvalue weighted by Crippen LogP contribution is 2.18. The molecule has 18 heavy (non-hydrogen) atoms. The van der Waals surface area contributed by atoms with Crippen molar-refractivity contribution in [3.8, 4) is 0 Å². The highest BCUT2D eigenvalue weighted by Gasteiger charge is 2.09. The summed E-state index contributed by atoms with van der Waals surface area (Å²) < 4.78 is 6.88. The zero-order valence-electron chi connectivity index (χ0n) is 10.4. The van der Waals surface area contributed by atoms with Crippen LogP contribution in [0.2, 0.25) is 0 Å². The van der Waals surface area contributed by atoms with Crippen LogP contribution in [-0.2, 0) is 11.3 Å². The summed E-state index contributed by atoms with van der Waals surface area (Å²) in [6.07, 6.45) is 5.11. The Hall–Kier alpha value is -2.24. The van der Waals surface area contributed by atoms with Crippen molar-refractivity contribution in [2.24, 2.45) is 0 Å². The maximum absolute atomic E-state index is 11.2. The summed E-state index contributed by atoms with van der Waals surface area (Å²) in [6.45, 7) is 2.21. The van der Waals surface area contributed by atoms with Gasteiger partial charge < -0.3 is 15.1 Å². The van der Waals surface area contributed by atoms with Crippen molar-refractivity contribution in [1.29, 1.82) is 0 Å². The van der Waals surface area contributed by atoms with Crippen LogP contribution in [0, 0.1) is 0 Å². The number of nitrogens with one attached hydrogen (secondary N) is 2. The fraction of sp³-hybridized carbons (Fsp3) is 0.333. The van der Waals surface area contributed by atoms with Gasteiger partial charge >= 0.3 is 0 Å². The van der Waals surface area contributed by atoms with E-state index in [0.717, 1.165) is 11.4 Å². The Morgan fingerprint density at radius 3 is 3.11 bits per heavy atom. The predicted molar refractivity (Wildman–Crippen MR) is 67.0 cm³/mol. The molecular weight excluding hydrogens is 232 g/mol. The van der Waals surface area contributed by atoms with Crippen molar-refractivity contribution in [3.05, 3.63) is 36.5 Å². The average Bonchev–Trinajstić information content (AvgIpc) is 3.00. The molecule has 0 saturated carbocycles. The summed E-state index contributed by atoms with van der Waals surface area (Å²) in [4.78, 5) is 11.2. The Morgan fingerprint density at radius 2 is 2.44 bits per heavy atom. The molecule has 0 radical (unpaired) electrons.